The van der Waals surface area contributed by atoms with Crippen molar-refractivity contribution in [2.75, 3.05) is 0 Å². The molecule has 0 spiro atoms. The molecule has 1 heterocycles. The lowest BCUT2D eigenvalue weighted by Gasteiger charge is -2.33. The third-order valence-electron chi connectivity index (χ3n) is 3.68. The second-order valence-corrected chi connectivity index (χ2v) is 4.17. The fourth-order valence-corrected chi connectivity index (χ4v) is 2.40. The molecule has 3 heteroatoms. The summed E-state index contributed by atoms with van der Waals surface area (Å²) < 4.78 is 0. The summed E-state index contributed by atoms with van der Waals surface area (Å²) in [7, 11) is 0. The Balaban J connectivity index is 2.40. The standard InChI is InChI=1S/C9H13NO2/c1-5-6-3-4-9(5,2)8(12)10-7(6)11/h5-6H,3-4H2,1-2H3,(H,10,11,12)/t5-,6-,9+/m0/s1. The first-order valence-electron chi connectivity index (χ1n) is 4.41. The summed E-state index contributed by atoms with van der Waals surface area (Å²) >= 11 is 0. The highest BCUT2D eigenvalue weighted by Gasteiger charge is 2.54. The maximum Gasteiger partial charge on any atom is 0.232 e. The molecular weight excluding hydrogens is 154 g/mol. The number of imide groups is 1. The first-order chi connectivity index (χ1) is 5.55. The van der Waals surface area contributed by atoms with Crippen molar-refractivity contribution in [2.45, 2.75) is 26.7 Å². The van der Waals surface area contributed by atoms with Crippen LogP contribution in [0.25, 0.3) is 0 Å². The Morgan fingerprint density at radius 3 is 2.83 bits per heavy atom. The SMILES string of the molecule is C[C@H]1[C@@H]2CC[C@@]1(C)C(=O)NC2=O. The molecule has 2 fully saturated rings. The van der Waals surface area contributed by atoms with Gasteiger partial charge in [0, 0.05) is 5.92 Å². The van der Waals surface area contributed by atoms with Crippen LogP contribution in [0.4, 0.5) is 0 Å². The van der Waals surface area contributed by atoms with Crippen molar-refractivity contribution in [3.8, 4) is 0 Å². The molecule has 1 N–H and O–H groups in total. The van der Waals surface area contributed by atoms with E-state index >= 15 is 0 Å². The van der Waals surface area contributed by atoms with E-state index in [1.807, 2.05) is 13.8 Å². The zero-order valence-corrected chi connectivity index (χ0v) is 7.39. The quantitative estimate of drug-likeness (QED) is 0.540. The van der Waals surface area contributed by atoms with E-state index in [1.54, 1.807) is 0 Å². The van der Waals surface area contributed by atoms with E-state index < -0.39 is 0 Å². The van der Waals surface area contributed by atoms with Crippen molar-refractivity contribution >= 4 is 11.8 Å². The molecule has 0 aromatic rings. The van der Waals surface area contributed by atoms with Crippen LogP contribution in [0.15, 0.2) is 0 Å². The Labute approximate surface area is 71.5 Å². The topological polar surface area (TPSA) is 46.2 Å². The summed E-state index contributed by atoms with van der Waals surface area (Å²) in [5.74, 6) is 0.155. The fourth-order valence-electron chi connectivity index (χ4n) is 2.40. The number of hydrogen-bond acceptors (Lipinski definition) is 2. The number of hydrogen-bond donors (Lipinski definition) is 1. The Bertz CT molecular complexity index is 261. The first-order valence-corrected chi connectivity index (χ1v) is 4.41. The highest BCUT2D eigenvalue weighted by atomic mass is 16.2. The van der Waals surface area contributed by atoms with E-state index in [0.29, 0.717) is 0 Å². The summed E-state index contributed by atoms with van der Waals surface area (Å²) in [6, 6.07) is 0. The molecule has 2 aliphatic rings. The van der Waals surface area contributed by atoms with E-state index in [4.69, 9.17) is 0 Å². The summed E-state index contributed by atoms with van der Waals surface area (Å²) in [6.45, 7) is 3.97. The summed E-state index contributed by atoms with van der Waals surface area (Å²) in [5, 5.41) is 2.43. The van der Waals surface area contributed by atoms with Crippen molar-refractivity contribution in [1.82, 2.24) is 5.32 Å². The number of fused-ring (bicyclic) bond motifs is 2. The van der Waals surface area contributed by atoms with Gasteiger partial charge in [-0.1, -0.05) is 13.8 Å². The second-order valence-electron chi connectivity index (χ2n) is 4.17. The summed E-state index contributed by atoms with van der Waals surface area (Å²) in [4.78, 5) is 22.7. The van der Waals surface area contributed by atoms with Gasteiger partial charge in [0.15, 0.2) is 0 Å². The van der Waals surface area contributed by atoms with Crippen LogP contribution in [-0.2, 0) is 9.59 Å². The smallest absolute Gasteiger partial charge is 0.232 e. The molecule has 1 aliphatic heterocycles. The molecule has 0 radical (unpaired) electrons. The number of carbonyl (C=O) groups is 2. The third kappa shape index (κ3) is 0.713. The van der Waals surface area contributed by atoms with Gasteiger partial charge in [0.1, 0.15) is 0 Å². The number of rotatable bonds is 0. The van der Waals surface area contributed by atoms with Gasteiger partial charge in [0.2, 0.25) is 11.8 Å². The van der Waals surface area contributed by atoms with E-state index in [1.165, 1.54) is 0 Å². The monoisotopic (exact) mass is 167 g/mol. The van der Waals surface area contributed by atoms with E-state index in [-0.39, 0.29) is 29.1 Å². The lowest BCUT2D eigenvalue weighted by molar-refractivity contribution is -0.144. The molecule has 3 nitrogen and oxygen atoms in total. The maximum atomic E-state index is 11.5. The van der Waals surface area contributed by atoms with Crippen molar-refractivity contribution in [2.24, 2.45) is 17.3 Å². The van der Waals surface area contributed by atoms with E-state index in [0.717, 1.165) is 12.8 Å². The van der Waals surface area contributed by atoms with Gasteiger partial charge in [0.25, 0.3) is 0 Å². The molecule has 66 valence electrons. The van der Waals surface area contributed by atoms with Crippen LogP contribution in [0.3, 0.4) is 0 Å². The first kappa shape index (κ1) is 7.77. The van der Waals surface area contributed by atoms with E-state index in [9.17, 15) is 9.59 Å². The van der Waals surface area contributed by atoms with Crippen LogP contribution < -0.4 is 5.32 Å². The van der Waals surface area contributed by atoms with Crippen LogP contribution in [-0.4, -0.2) is 11.8 Å². The number of piperidine rings is 1. The largest absolute Gasteiger partial charge is 0.296 e. The highest BCUT2D eigenvalue weighted by molar-refractivity contribution is 6.02. The Hall–Kier alpha value is -0.860. The average molecular weight is 167 g/mol. The minimum absolute atomic E-state index is 0.0672. The minimum atomic E-state index is -0.279. The second kappa shape index (κ2) is 2.09. The van der Waals surface area contributed by atoms with Crippen LogP contribution in [0.2, 0.25) is 0 Å². The lowest BCUT2D eigenvalue weighted by Crippen LogP contribution is -2.51. The molecule has 3 atom stereocenters. The fraction of sp³-hybridized carbons (Fsp3) is 0.778. The zero-order valence-electron chi connectivity index (χ0n) is 7.39. The van der Waals surface area contributed by atoms with Crippen LogP contribution in [0, 0.1) is 17.3 Å². The highest BCUT2D eigenvalue weighted by Crippen LogP contribution is 2.49. The number of nitrogens with one attached hydrogen (secondary N) is 1. The van der Waals surface area contributed by atoms with Crippen molar-refractivity contribution in [1.29, 1.82) is 0 Å². The van der Waals surface area contributed by atoms with Crippen molar-refractivity contribution < 1.29 is 9.59 Å². The molecular formula is C9H13NO2. The Kier molecular flexibility index (Phi) is 1.35. The Morgan fingerprint density at radius 2 is 2.17 bits per heavy atom. The van der Waals surface area contributed by atoms with Gasteiger partial charge in [-0.15, -0.1) is 0 Å². The van der Waals surface area contributed by atoms with Crippen molar-refractivity contribution in [3.05, 3.63) is 0 Å². The zero-order chi connectivity index (χ0) is 8.93. The van der Waals surface area contributed by atoms with Gasteiger partial charge < -0.3 is 0 Å². The van der Waals surface area contributed by atoms with Crippen LogP contribution >= 0.6 is 0 Å². The molecule has 12 heavy (non-hydrogen) atoms. The minimum Gasteiger partial charge on any atom is -0.296 e. The maximum absolute atomic E-state index is 11.5. The van der Waals surface area contributed by atoms with Gasteiger partial charge in [-0.2, -0.15) is 0 Å². The molecule has 1 aliphatic carbocycles. The van der Waals surface area contributed by atoms with Crippen LogP contribution in [0.1, 0.15) is 26.7 Å². The summed E-state index contributed by atoms with van der Waals surface area (Å²) in [6.07, 6.45) is 1.73. The molecule has 1 saturated heterocycles. The number of amides is 2. The predicted octanol–water partition coefficient (Wildman–Crippen LogP) is 0.695. The third-order valence-corrected chi connectivity index (χ3v) is 3.68. The van der Waals surface area contributed by atoms with Gasteiger partial charge in [-0.05, 0) is 18.8 Å². The normalized spacial score (nSPS) is 46.2. The van der Waals surface area contributed by atoms with Gasteiger partial charge in [-0.3, -0.25) is 14.9 Å². The number of carbonyl (C=O) groups excluding carboxylic acids is 2. The molecule has 2 bridgehead atoms. The molecule has 1 saturated carbocycles. The van der Waals surface area contributed by atoms with Gasteiger partial charge >= 0.3 is 0 Å². The average Bonchev–Trinajstić information content (AvgIpc) is 2.23. The molecule has 2 rings (SSSR count). The van der Waals surface area contributed by atoms with Gasteiger partial charge in [0.05, 0.1) is 5.41 Å². The molecule has 0 unspecified atom stereocenters. The summed E-state index contributed by atoms with van der Waals surface area (Å²) in [5.41, 5.74) is -0.279. The Morgan fingerprint density at radius 1 is 1.50 bits per heavy atom. The molecule has 0 aromatic heterocycles. The lowest BCUT2D eigenvalue weighted by atomic mass is 9.75. The predicted molar refractivity (Wildman–Crippen MR) is 43.1 cm³/mol. The van der Waals surface area contributed by atoms with Crippen LogP contribution in [0.5, 0.6) is 0 Å². The molecule has 2 amide bonds. The van der Waals surface area contributed by atoms with Gasteiger partial charge in [-0.25, -0.2) is 0 Å². The molecule has 0 aromatic carbocycles. The van der Waals surface area contributed by atoms with Crippen molar-refractivity contribution in [3.63, 3.8) is 0 Å². The van der Waals surface area contributed by atoms with E-state index in [2.05, 4.69) is 5.32 Å².